The third-order valence-electron chi connectivity index (χ3n) is 5.61. The Morgan fingerprint density at radius 1 is 1.17 bits per heavy atom. The fourth-order valence-electron chi connectivity index (χ4n) is 3.85. The summed E-state index contributed by atoms with van der Waals surface area (Å²) in [5.41, 5.74) is 2.16. The van der Waals surface area contributed by atoms with E-state index in [-0.39, 0.29) is 5.91 Å². The minimum Gasteiger partial charge on any atom is -0.352 e. The van der Waals surface area contributed by atoms with E-state index in [0.29, 0.717) is 13.0 Å². The highest BCUT2D eigenvalue weighted by atomic mass is 32.1. The third-order valence-corrected chi connectivity index (χ3v) is 6.42. The van der Waals surface area contributed by atoms with Gasteiger partial charge in [-0.05, 0) is 24.1 Å². The minimum atomic E-state index is 0.222. The Morgan fingerprint density at radius 2 is 1.93 bits per heavy atom. The number of anilines is 2. The number of carbonyl (C=O) groups is 1. The van der Waals surface area contributed by atoms with E-state index in [1.54, 1.807) is 0 Å². The van der Waals surface area contributed by atoms with Gasteiger partial charge in [0.05, 0.1) is 0 Å². The van der Waals surface area contributed by atoms with E-state index in [1.165, 1.54) is 17.1 Å². The second-order valence-corrected chi connectivity index (χ2v) is 8.27. The van der Waals surface area contributed by atoms with Gasteiger partial charge in [0.25, 0.3) is 0 Å². The van der Waals surface area contributed by atoms with Crippen LogP contribution < -0.4 is 15.1 Å². The van der Waals surface area contributed by atoms with Gasteiger partial charge in [-0.15, -0.1) is 0 Å². The largest absolute Gasteiger partial charge is 0.352 e. The van der Waals surface area contributed by atoms with Crippen LogP contribution in [-0.4, -0.2) is 65.9 Å². The molecule has 4 rings (SSSR count). The molecule has 1 aromatic carbocycles. The van der Waals surface area contributed by atoms with Gasteiger partial charge < -0.3 is 20.0 Å². The van der Waals surface area contributed by atoms with Gasteiger partial charge in [-0.2, -0.15) is 4.37 Å². The topological polar surface area (TPSA) is 77.0 Å². The van der Waals surface area contributed by atoms with Crippen LogP contribution in [0.1, 0.15) is 31.2 Å². The summed E-state index contributed by atoms with van der Waals surface area (Å²) in [6.45, 7) is 7.24. The van der Waals surface area contributed by atoms with Crippen molar-refractivity contribution in [2.75, 3.05) is 49.6 Å². The molecule has 2 aliphatic heterocycles. The molecule has 2 saturated heterocycles. The lowest BCUT2D eigenvalue weighted by atomic mass is 10.2. The molecule has 2 fully saturated rings. The van der Waals surface area contributed by atoms with E-state index in [9.17, 15) is 4.79 Å². The first kappa shape index (κ1) is 20.6. The highest BCUT2D eigenvalue weighted by Crippen LogP contribution is 2.22. The first-order valence-corrected chi connectivity index (χ1v) is 11.4. The number of carbonyl (C=O) groups excluding carboxylic acids is 1. The summed E-state index contributed by atoms with van der Waals surface area (Å²) >= 11 is 1.49. The summed E-state index contributed by atoms with van der Waals surface area (Å²) in [7, 11) is 1.83. The molecule has 0 unspecified atom stereocenters. The van der Waals surface area contributed by atoms with Gasteiger partial charge in [0.15, 0.2) is 5.96 Å². The van der Waals surface area contributed by atoms with Crippen LogP contribution in [0, 0.1) is 0 Å². The number of aryl methyl sites for hydroxylation is 1. The van der Waals surface area contributed by atoms with Crippen molar-refractivity contribution < 1.29 is 4.79 Å². The molecule has 0 saturated carbocycles. The maximum atomic E-state index is 11.9. The molecular formula is C21H29N7OS. The molecule has 160 valence electrons. The molecule has 1 aromatic heterocycles. The van der Waals surface area contributed by atoms with Crippen molar-refractivity contribution in [1.29, 1.82) is 0 Å². The third kappa shape index (κ3) is 4.56. The van der Waals surface area contributed by atoms with Crippen LogP contribution in [0.2, 0.25) is 0 Å². The Bertz CT molecular complexity index is 887. The van der Waals surface area contributed by atoms with Crippen molar-refractivity contribution in [2.45, 2.75) is 32.7 Å². The Balaban J connectivity index is 1.28. The van der Waals surface area contributed by atoms with Crippen LogP contribution in [-0.2, 0) is 17.8 Å². The molecule has 1 N–H and O–H groups in total. The summed E-state index contributed by atoms with van der Waals surface area (Å²) in [6, 6.07) is 8.24. The van der Waals surface area contributed by atoms with Gasteiger partial charge >= 0.3 is 0 Å². The van der Waals surface area contributed by atoms with Crippen molar-refractivity contribution in [1.82, 2.24) is 19.6 Å². The zero-order valence-corrected chi connectivity index (χ0v) is 18.5. The van der Waals surface area contributed by atoms with Crippen molar-refractivity contribution in [2.24, 2.45) is 4.99 Å². The lowest BCUT2D eigenvalue weighted by molar-refractivity contribution is -0.117. The van der Waals surface area contributed by atoms with E-state index >= 15 is 0 Å². The zero-order valence-electron chi connectivity index (χ0n) is 17.7. The maximum absolute atomic E-state index is 11.9. The SMILES string of the molecule is CCc1nsc(N2CCN(C(=NC)NCc3ccc(N4CCCC4=O)cc3)CC2)n1. The summed E-state index contributed by atoms with van der Waals surface area (Å²) in [4.78, 5) is 27.4. The Morgan fingerprint density at radius 3 is 2.53 bits per heavy atom. The smallest absolute Gasteiger partial charge is 0.227 e. The molecule has 1 amide bonds. The van der Waals surface area contributed by atoms with Gasteiger partial charge in [-0.3, -0.25) is 9.79 Å². The highest BCUT2D eigenvalue weighted by molar-refractivity contribution is 7.09. The number of hydrogen-bond acceptors (Lipinski definition) is 6. The maximum Gasteiger partial charge on any atom is 0.227 e. The summed E-state index contributed by atoms with van der Waals surface area (Å²) < 4.78 is 4.40. The Hall–Kier alpha value is -2.68. The lowest BCUT2D eigenvalue weighted by Gasteiger charge is -2.36. The molecule has 0 spiro atoms. The van der Waals surface area contributed by atoms with Crippen LogP contribution in [0.5, 0.6) is 0 Å². The van der Waals surface area contributed by atoms with Gasteiger partial charge in [0, 0.05) is 76.4 Å². The van der Waals surface area contributed by atoms with Gasteiger partial charge in [0.2, 0.25) is 11.0 Å². The molecular weight excluding hydrogens is 398 g/mol. The predicted molar refractivity (Wildman–Crippen MR) is 121 cm³/mol. The number of guanidine groups is 1. The van der Waals surface area contributed by atoms with Gasteiger partial charge in [0.1, 0.15) is 5.82 Å². The van der Waals surface area contributed by atoms with Gasteiger partial charge in [-0.1, -0.05) is 19.1 Å². The molecule has 0 radical (unpaired) electrons. The molecule has 0 atom stereocenters. The van der Waals surface area contributed by atoms with Gasteiger partial charge in [-0.25, -0.2) is 4.98 Å². The molecule has 30 heavy (non-hydrogen) atoms. The molecule has 2 aliphatic rings. The molecule has 0 bridgehead atoms. The number of rotatable bonds is 5. The van der Waals surface area contributed by atoms with Crippen molar-refractivity contribution in [3.05, 3.63) is 35.7 Å². The normalized spacial score (nSPS) is 17.7. The van der Waals surface area contributed by atoms with Crippen LogP contribution in [0.25, 0.3) is 0 Å². The number of hydrogen-bond donors (Lipinski definition) is 1. The predicted octanol–water partition coefficient (Wildman–Crippen LogP) is 2.12. The summed E-state index contributed by atoms with van der Waals surface area (Å²) in [6.07, 6.45) is 2.48. The second-order valence-electron chi connectivity index (χ2n) is 7.54. The number of aliphatic imine (C=N–C) groups is 1. The number of benzene rings is 1. The number of piperazine rings is 1. The molecule has 9 heteroatoms. The fraction of sp³-hybridized carbons (Fsp3) is 0.524. The molecule has 2 aromatic rings. The van der Waals surface area contributed by atoms with Crippen molar-refractivity contribution in [3.8, 4) is 0 Å². The molecule has 8 nitrogen and oxygen atoms in total. The first-order valence-electron chi connectivity index (χ1n) is 10.6. The number of nitrogens with zero attached hydrogens (tertiary/aromatic N) is 6. The Labute approximate surface area is 181 Å². The van der Waals surface area contributed by atoms with E-state index in [4.69, 9.17) is 0 Å². The monoisotopic (exact) mass is 427 g/mol. The quantitative estimate of drug-likeness (QED) is 0.582. The van der Waals surface area contributed by atoms with Crippen LogP contribution >= 0.6 is 11.5 Å². The lowest BCUT2D eigenvalue weighted by Crippen LogP contribution is -2.52. The van der Waals surface area contributed by atoms with Crippen molar-refractivity contribution in [3.63, 3.8) is 0 Å². The molecule has 0 aliphatic carbocycles. The standard InChI is InChI=1S/C21H29N7OS/c1-3-18-24-21(30-25-18)27-13-11-26(12-14-27)20(22-2)23-15-16-6-8-17(9-7-16)28-10-4-5-19(28)29/h6-9H,3-5,10-15H2,1-2H3,(H,22,23). The first-order chi connectivity index (χ1) is 14.7. The second kappa shape index (κ2) is 9.42. The van der Waals surface area contributed by atoms with Crippen LogP contribution in [0.4, 0.5) is 10.8 Å². The summed E-state index contributed by atoms with van der Waals surface area (Å²) in [5.74, 6) is 2.06. The fourth-order valence-corrected chi connectivity index (χ4v) is 4.66. The van der Waals surface area contributed by atoms with E-state index in [2.05, 4.69) is 48.5 Å². The minimum absolute atomic E-state index is 0.222. The van der Waals surface area contributed by atoms with Crippen LogP contribution in [0.3, 0.4) is 0 Å². The van der Waals surface area contributed by atoms with Crippen molar-refractivity contribution >= 4 is 34.2 Å². The average molecular weight is 428 g/mol. The van der Waals surface area contributed by atoms with E-state index in [0.717, 1.165) is 68.2 Å². The zero-order chi connectivity index (χ0) is 20.9. The number of aromatic nitrogens is 2. The summed E-state index contributed by atoms with van der Waals surface area (Å²) in [5, 5.41) is 4.49. The Kier molecular flexibility index (Phi) is 6.47. The number of amides is 1. The number of nitrogens with one attached hydrogen (secondary N) is 1. The van der Waals surface area contributed by atoms with E-state index < -0.39 is 0 Å². The molecule has 3 heterocycles. The highest BCUT2D eigenvalue weighted by Gasteiger charge is 2.23. The van der Waals surface area contributed by atoms with E-state index in [1.807, 2.05) is 24.1 Å². The average Bonchev–Trinajstić information content (AvgIpc) is 3.44. The van der Waals surface area contributed by atoms with Crippen LogP contribution in [0.15, 0.2) is 29.3 Å².